The van der Waals surface area contributed by atoms with Crippen molar-refractivity contribution in [3.05, 3.63) is 24.3 Å². The molecule has 0 radical (unpaired) electrons. The molecule has 0 aromatic rings. The fourth-order valence-corrected chi connectivity index (χ4v) is 1.49. The normalized spacial score (nSPS) is 16.7. The minimum absolute atomic E-state index is 0.181. The molecule has 1 unspecified atom stereocenters. The van der Waals surface area contributed by atoms with Crippen LogP contribution in [0.4, 0.5) is 0 Å². The van der Waals surface area contributed by atoms with Crippen molar-refractivity contribution >= 4 is 11.9 Å². The van der Waals surface area contributed by atoms with Gasteiger partial charge in [0.1, 0.15) is 0 Å². The zero-order chi connectivity index (χ0) is 14.3. The van der Waals surface area contributed by atoms with E-state index in [4.69, 9.17) is 14.6 Å². The van der Waals surface area contributed by atoms with E-state index >= 15 is 0 Å². The fourth-order valence-electron chi connectivity index (χ4n) is 1.49. The predicted molar refractivity (Wildman–Crippen MR) is 69.7 cm³/mol. The first-order valence-electron chi connectivity index (χ1n) is 6.38. The van der Waals surface area contributed by atoms with Crippen LogP contribution in [-0.2, 0) is 19.1 Å². The lowest BCUT2D eigenvalue weighted by atomic mass is 10.1. The summed E-state index contributed by atoms with van der Waals surface area (Å²) in [6.45, 7) is 8.17. The molecule has 0 aromatic carbocycles. The van der Waals surface area contributed by atoms with Crippen LogP contribution in [0.3, 0.4) is 0 Å². The Morgan fingerprint density at radius 3 is 2.47 bits per heavy atom. The smallest absolute Gasteiger partial charge is 0.333 e. The largest absolute Gasteiger partial charge is 0.478 e. The maximum Gasteiger partial charge on any atom is 0.333 e. The number of carbonyl (C=O) groups is 2. The predicted octanol–water partition coefficient (Wildman–Crippen LogP) is 2.08. The van der Waals surface area contributed by atoms with E-state index in [0.717, 1.165) is 13.0 Å². The van der Waals surface area contributed by atoms with E-state index in [0.29, 0.717) is 31.3 Å². The van der Waals surface area contributed by atoms with Crippen molar-refractivity contribution in [2.75, 3.05) is 13.2 Å². The summed E-state index contributed by atoms with van der Waals surface area (Å²) in [5, 5.41) is 8.60. The van der Waals surface area contributed by atoms with Gasteiger partial charge in [0.15, 0.2) is 0 Å². The molecule has 106 valence electrons. The van der Waals surface area contributed by atoms with Gasteiger partial charge < -0.3 is 14.6 Å². The summed E-state index contributed by atoms with van der Waals surface area (Å²) in [5.74, 6) is -1.36. The maximum absolute atomic E-state index is 11.5. The van der Waals surface area contributed by atoms with Gasteiger partial charge in [0.2, 0.25) is 0 Å². The first-order chi connectivity index (χ1) is 9.00. The topological polar surface area (TPSA) is 76.1 Å². The van der Waals surface area contributed by atoms with E-state index < -0.39 is 5.97 Å². The molecule has 0 spiro atoms. The Morgan fingerprint density at radius 1 is 1.21 bits per heavy atom. The Balaban J connectivity index is 2.01. The number of aliphatic carboxylic acids is 1. The minimum Gasteiger partial charge on any atom is -0.478 e. The highest BCUT2D eigenvalue weighted by molar-refractivity contribution is 5.87. The van der Waals surface area contributed by atoms with Crippen LogP contribution in [0.25, 0.3) is 0 Å². The summed E-state index contributed by atoms with van der Waals surface area (Å²) in [4.78, 5) is 22.0. The third-order valence-corrected chi connectivity index (χ3v) is 2.87. The van der Waals surface area contributed by atoms with Crippen molar-refractivity contribution in [2.45, 2.75) is 38.2 Å². The van der Waals surface area contributed by atoms with E-state index in [-0.39, 0.29) is 24.3 Å². The van der Waals surface area contributed by atoms with Crippen LogP contribution < -0.4 is 0 Å². The summed E-state index contributed by atoms with van der Waals surface area (Å²) in [6, 6.07) is 0. The molecule has 1 aliphatic rings. The molecule has 1 atom stereocenters. The number of rotatable bonds is 10. The molecule has 1 fully saturated rings. The van der Waals surface area contributed by atoms with Crippen LogP contribution in [0.5, 0.6) is 0 Å². The van der Waals surface area contributed by atoms with Crippen LogP contribution in [0.15, 0.2) is 24.3 Å². The highest BCUT2D eigenvalue weighted by Crippen LogP contribution is 2.18. The number of hydrogen-bond acceptors (Lipinski definition) is 4. The number of ether oxygens (including phenoxy) is 2. The SMILES string of the molecule is C=C(CCCCOC(=O)C(=C)CCC1CO1)C(=O)O. The van der Waals surface area contributed by atoms with Gasteiger partial charge >= 0.3 is 11.9 Å². The average molecular weight is 268 g/mol. The molecule has 1 saturated heterocycles. The number of epoxide rings is 1. The Morgan fingerprint density at radius 2 is 1.89 bits per heavy atom. The van der Waals surface area contributed by atoms with Crippen molar-refractivity contribution < 1.29 is 24.2 Å². The second-order valence-electron chi connectivity index (χ2n) is 4.60. The molecule has 1 N–H and O–H groups in total. The van der Waals surface area contributed by atoms with E-state index in [1.54, 1.807) is 0 Å². The molecule has 5 heteroatoms. The van der Waals surface area contributed by atoms with Gasteiger partial charge in [0.25, 0.3) is 0 Å². The summed E-state index contributed by atoms with van der Waals surface area (Å²) < 4.78 is 10.1. The molecule has 19 heavy (non-hydrogen) atoms. The molecule has 0 aliphatic carbocycles. The fraction of sp³-hybridized carbons (Fsp3) is 0.571. The van der Waals surface area contributed by atoms with E-state index in [2.05, 4.69) is 13.2 Å². The first kappa shape index (κ1) is 15.4. The standard InChI is InChI=1S/C14H20O5/c1-10(13(15)16)5-3-4-8-18-14(17)11(2)6-7-12-9-19-12/h12H,1-9H2,(H,15,16). The Kier molecular flexibility index (Phi) is 6.29. The Labute approximate surface area is 112 Å². The molecule has 0 saturated carbocycles. The van der Waals surface area contributed by atoms with Gasteiger partial charge in [-0.1, -0.05) is 13.2 Å². The Bertz CT molecular complexity index is 368. The molecule has 5 nitrogen and oxygen atoms in total. The number of hydrogen-bond donors (Lipinski definition) is 1. The molecule has 0 aromatic heterocycles. The molecular weight excluding hydrogens is 248 g/mol. The zero-order valence-corrected chi connectivity index (χ0v) is 11.0. The van der Waals surface area contributed by atoms with E-state index in [1.807, 2.05) is 0 Å². The van der Waals surface area contributed by atoms with Crippen LogP contribution >= 0.6 is 0 Å². The van der Waals surface area contributed by atoms with Crippen molar-refractivity contribution in [3.8, 4) is 0 Å². The quantitative estimate of drug-likeness (QED) is 0.284. The summed E-state index contributed by atoms with van der Waals surface area (Å²) in [6.07, 6.45) is 3.36. The third kappa shape index (κ3) is 6.76. The average Bonchev–Trinajstić information content (AvgIpc) is 3.18. The number of unbranched alkanes of at least 4 members (excludes halogenated alkanes) is 1. The summed E-state index contributed by atoms with van der Waals surface area (Å²) >= 11 is 0. The lowest BCUT2D eigenvalue weighted by Crippen LogP contribution is -2.09. The lowest BCUT2D eigenvalue weighted by molar-refractivity contribution is -0.139. The van der Waals surface area contributed by atoms with E-state index in [9.17, 15) is 9.59 Å². The minimum atomic E-state index is -0.979. The number of carbonyl (C=O) groups excluding carboxylic acids is 1. The van der Waals surface area contributed by atoms with Gasteiger partial charge in [-0.15, -0.1) is 0 Å². The van der Waals surface area contributed by atoms with Gasteiger partial charge in [-0.05, 0) is 32.1 Å². The highest BCUT2D eigenvalue weighted by atomic mass is 16.6. The van der Waals surface area contributed by atoms with Crippen LogP contribution in [0.1, 0.15) is 32.1 Å². The summed E-state index contributed by atoms with van der Waals surface area (Å²) in [5.41, 5.74) is 0.644. The lowest BCUT2D eigenvalue weighted by Gasteiger charge is -2.06. The molecule has 0 amide bonds. The van der Waals surface area contributed by atoms with Crippen molar-refractivity contribution in [3.63, 3.8) is 0 Å². The molecule has 0 bridgehead atoms. The van der Waals surface area contributed by atoms with Crippen LogP contribution in [-0.4, -0.2) is 36.4 Å². The Hall–Kier alpha value is -1.62. The second-order valence-corrected chi connectivity index (χ2v) is 4.60. The highest BCUT2D eigenvalue weighted by Gasteiger charge is 2.23. The molecular formula is C14H20O5. The third-order valence-electron chi connectivity index (χ3n) is 2.87. The van der Waals surface area contributed by atoms with Gasteiger partial charge in [-0.3, -0.25) is 0 Å². The maximum atomic E-state index is 11.5. The van der Waals surface area contributed by atoms with E-state index in [1.165, 1.54) is 0 Å². The van der Waals surface area contributed by atoms with Crippen molar-refractivity contribution in [2.24, 2.45) is 0 Å². The van der Waals surface area contributed by atoms with Crippen molar-refractivity contribution in [1.29, 1.82) is 0 Å². The molecule has 1 heterocycles. The van der Waals surface area contributed by atoms with Crippen LogP contribution in [0, 0.1) is 0 Å². The van der Waals surface area contributed by atoms with Gasteiger partial charge in [0.05, 0.1) is 19.3 Å². The zero-order valence-electron chi connectivity index (χ0n) is 11.0. The number of esters is 1. The second kappa shape index (κ2) is 7.74. The molecule has 1 aliphatic heterocycles. The van der Waals surface area contributed by atoms with Gasteiger partial charge in [0, 0.05) is 11.1 Å². The first-order valence-corrected chi connectivity index (χ1v) is 6.38. The van der Waals surface area contributed by atoms with Crippen molar-refractivity contribution in [1.82, 2.24) is 0 Å². The number of carboxylic acids is 1. The summed E-state index contributed by atoms with van der Waals surface area (Å²) in [7, 11) is 0. The van der Waals surface area contributed by atoms with Crippen LogP contribution in [0.2, 0.25) is 0 Å². The van der Waals surface area contributed by atoms with Gasteiger partial charge in [-0.2, -0.15) is 0 Å². The number of carboxylic acid groups (broad SMARTS) is 1. The monoisotopic (exact) mass is 268 g/mol. The van der Waals surface area contributed by atoms with Gasteiger partial charge in [-0.25, -0.2) is 9.59 Å². The molecule has 1 rings (SSSR count).